The minimum Gasteiger partial charge on any atom is -0.329 e. The van der Waals surface area contributed by atoms with Crippen LogP contribution < -0.4 is 10.2 Å². The van der Waals surface area contributed by atoms with Crippen molar-refractivity contribution in [2.45, 2.75) is 12.4 Å². The summed E-state index contributed by atoms with van der Waals surface area (Å²) in [4.78, 5) is 13.7. The third kappa shape index (κ3) is 2.15. The summed E-state index contributed by atoms with van der Waals surface area (Å²) in [6.45, 7) is 2.03. The number of amides is 1. The lowest BCUT2D eigenvalue weighted by molar-refractivity contribution is -0.109. The molecular weight excluding hydrogens is 208 g/mol. The Balaban J connectivity index is 2.23. The second-order valence-electron chi connectivity index (χ2n) is 3.24. The molecule has 1 aromatic carbocycles. The van der Waals surface area contributed by atoms with Gasteiger partial charge in [0.1, 0.15) is 0 Å². The van der Waals surface area contributed by atoms with E-state index >= 15 is 0 Å². The molecule has 0 saturated heterocycles. The summed E-state index contributed by atoms with van der Waals surface area (Å²) < 4.78 is 0. The summed E-state index contributed by atoms with van der Waals surface area (Å²) in [5.74, 6) is 0. The third-order valence-electron chi connectivity index (χ3n) is 2.14. The van der Waals surface area contributed by atoms with E-state index in [1.165, 1.54) is 4.91 Å². The van der Waals surface area contributed by atoms with Crippen LogP contribution in [0.5, 0.6) is 0 Å². The zero-order valence-corrected chi connectivity index (χ0v) is 9.20. The monoisotopic (exact) mass is 220 g/mol. The fourth-order valence-corrected chi connectivity index (χ4v) is 2.46. The van der Waals surface area contributed by atoms with Gasteiger partial charge in [-0.1, -0.05) is 30.0 Å². The van der Waals surface area contributed by atoms with E-state index in [-0.39, 0.29) is 5.50 Å². The molecule has 0 aliphatic carbocycles. The van der Waals surface area contributed by atoms with Crippen LogP contribution >= 0.6 is 11.8 Å². The normalized spacial score (nSPS) is 19.9. The topological polar surface area (TPSA) is 32.3 Å². The average Bonchev–Trinajstić information content (AvgIpc) is 2.62. The molecule has 4 heteroatoms. The molecule has 2 rings (SSSR count). The van der Waals surface area contributed by atoms with E-state index in [1.807, 2.05) is 43.5 Å². The van der Waals surface area contributed by atoms with Crippen molar-refractivity contribution in [2.24, 2.45) is 0 Å². The molecule has 1 heterocycles. The quantitative estimate of drug-likeness (QED) is 0.792. The molecule has 3 nitrogen and oxygen atoms in total. The molecule has 1 aliphatic rings. The molecule has 0 radical (unpaired) electrons. The Hall–Kier alpha value is -1.42. The fourth-order valence-electron chi connectivity index (χ4n) is 1.51. The van der Waals surface area contributed by atoms with E-state index in [0.717, 1.165) is 12.1 Å². The highest BCUT2D eigenvalue weighted by Gasteiger charge is 2.23. The molecule has 0 saturated carbocycles. The number of thioether (sulfide) groups is 1. The highest BCUT2D eigenvalue weighted by Crippen LogP contribution is 2.33. The van der Waals surface area contributed by atoms with E-state index in [2.05, 4.69) is 10.2 Å². The van der Waals surface area contributed by atoms with Gasteiger partial charge >= 0.3 is 0 Å². The van der Waals surface area contributed by atoms with Gasteiger partial charge in [0.05, 0.1) is 0 Å². The highest BCUT2D eigenvalue weighted by molar-refractivity contribution is 8.04. The number of nitrogens with zero attached hydrogens (tertiary/aromatic N) is 1. The molecular formula is C11H12N2OS. The fraction of sp³-hybridized carbons (Fsp3) is 0.182. The van der Waals surface area contributed by atoms with Crippen LogP contribution in [0.15, 0.2) is 41.4 Å². The van der Waals surface area contributed by atoms with Gasteiger partial charge in [0.25, 0.3) is 0 Å². The molecule has 0 bridgehead atoms. The molecule has 15 heavy (non-hydrogen) atoms. The van der Waals surface area contributed by atoms with Gasteiger partial charge in [0.15, 0.2) is 5.50 Å². The largest absolute Gasteiger partial charge is 0.329 e. The second-order valence-corrected chi connectivity index (χ2v) is 4.56. The smallest absolute Gasteiger partial charge is 0.209 e. The summed E-state index contributed by atoms with van der Waals surface area (Å²) in [6, 6.07) is 9.99. The van der Waals surface area contributed by atoms with E-state index in [4.69, 9.17) is 0 Å². The number of hydrogen-bond donors (Lipinski definition) is 1. The first kappa shape index (κ1) is 10.1. The van der Waals surface area contributed by atoms with E-state index in [1.54, 1.807) is 11.8 Å². The molecule has 0 fully saturated rings. The van der Waals surface area contributed by atoms with Gasteiger partial charge in [-0.2, -0.15) is 0 Å². The van der Waals surface area contributed by atoms with Crippen LogP contribution in [0.1, 0.15) is 6.92 Å². The van der Waals surface area contributed by atoms with Gasteiger partial charge in [-0.25, -0.2) is 0 Å². The van der Waals surface area contributed by atoms with Crippen LogP contribution in [-0.2, 0) is 4.79 Å². The Morgan fingerprint density at radius 2 is 2.13 bits per heavy atom. The Morgan fingerprint density at radius 3 is 2.80 bits per heavy atom. The number of benzene rings is 1. The molecule has 1 N–H and O–H groups in total. The van der Waals surface area contributed by atoms with Gasteiger partial charge in [0.2, 0.25) is 6.41 Å². The summed E-state index contributed by atoms with van der Waals surface area (Å²) in [5.41, 5.74) is 1.06. The van der Waals surface area contributed by atoms with Crippen molar-refractivity contribution < 1.29 is 4.79 Å². The van der Waals surface area contributed by atoms with Gasteiger partial charge in [-0.05, 0) is 19.1 Å². The van der Waals surface area contributed by atoms with Gasteiger partial charge in [-0.3, -0.25) is 4.79 Å². The van der Waals surface area contributed by atoms with Gasteiger partial charge in [-0.15, -0.1) is 0 Å². The molecule has 1 aliphatic heterocycles. The van der Waals surface area contributed by atoms with Crippen molar-refractivity contribution >= 4 is 23.9 Å². The lowest BCUT2D eigenvalue weighted by atomic mass is 10.3. The maximum atomic E-state index is 10.5. The molecule has 1 aromatic rings. The SMILES string of the molecule is CC1=CN(c2ccccc2)C(NC=O)S1. The lowest BCUT2D eigenvalue weighted by Crippen LogP contribution is -2.36. The molecule has 0 spiro atoms. The van der Waals surface area contributed by atoms with Crippen molar-refractivity contribution in [3.63, 3.8) is 0 Å². The number of rotatable bonds is 3. The molecule has 0 aromatic heterocycles. The van der Waals surface area contributed by atoms with Crippen LogP contribution in [0.2, 0.25) is 0 Å². The Morgan fingerprint density at radius 1 is 1.40 bits per heavy atom. The first-order valence-corrected chi connectivity index (χ1v) is 5.57. The molecule has 1 unspecified atom stereocenters. The Bertz CT molecular complexity index is 377. The number of allylic oxidation sites excluding steroid dienone is 1. The first-order chi connectivity index (χ1) is 7.31. The number of hydrogen-bond acceptors (Lipinski definition) is 3. The Kier molecular flexibility index (Phi) is 2.97. The third-order valence-corrected chi connectivity index (χ3v) is 3.20. The maximum absolute atomic E-state index is 10.5. The standard InChI is InChI=1S/C11H12N2OS/c1-9-7-13(11(15-9)12-8-14)10-5-3-2-4-6-10/h2-8,11H,1H3,(H,12,14). The number of carbonyl (C=O) groups excluding carboxylic acids is 1. The summed E-state index contributed by atoms with van der Waals surface area (Å²) in [7, 11) is 0. The zero-order chi connectivity index (χ0) is 10.7. The number of nitrogens with one attached hydrogen (secondary N) is 1. The first-order valence-electron chi connectivity index (χ1n) is 4.69. The van der Waals surface area contributed by atoms with Crippen LogP contribution in [0.25, 0.3) is 0 Å². The minimum absolute atomic E-state index is 0.0232. The summed E-state index contributed by atoms with van der Waals surface area (Å²) >= 11 is 1.64. The molecule has 1 atom stereocenters. The van der Waals surface area contributed by atoms with Crippen molar-refractivity contribution in [1.29, 1.82) is 0 Å². The van der Waals surface area contributed by atoms with E-state index in [9.17, 15) is 4.79 Å². The number of carbonyl (C=O) groups is 1. The lowest BCUT2D eigenvalue weighted by Gasteiger charge is -2.23. The van der Waals surface area contributed by atoms with Crippen molar-refractivity contribution in [2.75, 3.05) is 4.90 Å². The maximum Gasteiger partial charge on any atom is 0.209 e. The van der Waals surface area contributed by atoms with Gasteiger partial charge < -0.3 is 10.2 Å². The van der Waals surface area contributed by atoms with Crippen LogP contribution in [-0.4, -0.2) is 11.9 Å². The minimum atomic E-state index is -0.0232. The van der Waals surface area contributed by atoms with Crippen molar-refractivity contribution in [1.82, 2.24) is 5.32 Å². The predicted molar refractivity (Wildman–Crippen MR) is 63.3 cm³/mol. The summed E-state index contributed by atoms with van der Waals surface area (Å²) in [5, 5.41) is 2.78. The average molecular weight is 220 g/mol. The van der Waals surface area contributed by atoms with Gasteiger partial charge in [0, 0.05) is 16.8 Å². The zero-order valence-electron chi connectivity index (χ0n) is 8.38. The number of anilines is 1. The number of para-hydroxylation sites is 1. The molecule has 78 valence electrons. The van der Waals surface area contributed by atoms with Crippen molar-refractivity contribution in [3.05, 3.63) is 41.4 Å². The highest BCUT2D eigenvalue weighted by atomic mass is 32.2. The van der Waals surface area contributed by atoms with E-state index < -0.39 is 0 Å². The predicted octanol–water partition coefficient (Wildman–Crippen LogP) is 2.13. The summed E-state index contributed by atoms with van der Waals surface area (Å²) in [6.07, 6.45) is 2.78. The van der Waals surface area contributed by atoms with E-state index in [0.29, 0.717) is 0 Å². The molecule has 1 amide bonds. The van der Waals surface area contributed by atoms with Crippen molar-refractivity contribution in [3.8, 4) is 0 Å². The van der Waals surface area contributed by atoms with Crippen LogP contribution in [0, 0.1) is 0 Å². The Labute approximate surface area is 93.2 Å². The van der Waals surface area contributed by atoms with Crippen LogP contribution in [0.4, 0.5) is 5.69 Å². The second kappa shape index (κ2) is 4.40. The van der Waals surface area contributed by atoms with Crippen LogP contribution in [0.3, 0.4) is 0 Å².